The van der Waals surface area contributed by atoms with Crippen LogP contribution in [0.5, 0.6) is 0 Å². The molecule has 0 spiro atoms. The highest BCUT2D eigenvalue weighted by Crippen LogP contribution is 2.26. The van der Waals surface area contributed by atoms with Crippen molar-refractivity contribution in [3.63, 3.8) is 0 Å². The van der Waals surface area contributed by atoms with E-state index < -0.39 is 10.0 Å². The van der Waals surface area contributed by atoms with Crippen LogP contribution in [0.1, 0.15) is 12.6 Å². The number of hydrogen-bond donors (Lipinski definition) is 2. The van der Waals surface area contributed by atoms with E-state index in [0.29, 0.717) is 17.9 Å². The van der Waals surface area contributed by atoms with E-state index in [1.165, 1.54) is 6.20 Å². The maximum absolute atomic E-state index is 12.1. The van der Waals surface area contributed by atoms with Gasteiger partial charge in [0.1, 0.15) is 0 Å². The van der Waals surface area contributed by atoms with E-state index in [1.54, 1.807) is 17.8 Å². The molecule has 0 aromatic carbocycles. The third-order valence-electron chi connectivity index (χ3n) is 2.22. The van der Waals surface area contributed by atoms with Crippen molar-refractivity contribution in [3.05, 3.63) is 18.1 Å². The highest BCUT2D eigenvalue weighted by atomic mass is 32.2. The predicted octanol–water partition coefficient (Wildman–Crippen LogP) is 1.05. The number of aromatic nitrogens is 3. The minimum absolute atomic E-state index is 0.129. The van der Waals surface area contributed by atoms with Crippen LogP contribution in [-0.2, 0) is 16.6 Å². The molecule has 0 amide bonds. The van der Waals surface area contributed by atoms with E-state index in [4.69, 9.17) is 5.73 Å². The summed E-state index contributed by atoms with van der Waals surface area (Å²) in [5.74, 6) is 0. The molecule has 0 saturated heterocycles. The van der Waals surface area contributed by atoms with Crippen molar-refractivity contribution in [2.75, 3.05) is 10.5 Å². The fourth-order valence-corrected chi connectivity index (χ4v) is 3.77. The molecule has 0 unspecified atom stereocenters. The van der Waals surface area contributed by atoms with Crippen LogP contribution in [0.25, 0.3) is 0 Å². The molecule has 9 heteroatoms. The lowest BCUT2D eigenvalue weighted by Crippen LogP contribution is -2.12. The monoisotopic (exact) mass is 287 g/mol. The zero-order valence-corrected chi connectivity index (χ0v) is 11.5. The number of rotatable bonds is 4. The molecule has 18 heavy (non-hydrogen) atoms. The highest BCUT2D eigenvalue weighted by molar-refractivity contribution is 7.94. The maximum Gasteiger partial charge on any atom is 0.273 e. The van der Waals surface area contributed by atoms with E-state index in [9.17, 15) is 8.42 Å². The molecule has 2 aromatic heterocycles. The Morgan fingerprint density at radius 2 is 2.28 bits per heavy atom. The number of hydrogen-bond acceptors (Lipinski definition) is 6. The second-order valence-electron chi connectivity index (χ2n) is 3.62. The number of nitrogen functional groups attached to an aromatic ring is 1. The number of nitrogens with two attached hydrogens (primary N) is 1. The van der Waals surface area contributed by atoms with E-state index in [-0.39, 0.29) is 9.34 Å². The molecule has 0 fully saturated rings. The Balaban J connectivity index is 2.29. The molecule has 0 radical (unpaired) electrons. The molecule has 0 aliphatic rings. The average Bonchev–Trinajstić information content (AvgIpc) is 2.84. The number of anilines is 2. The third-order valence-corrected chi connectivity index (χ3v) is 5.20. The molecular formula is C9H13N5O2S2. The van der Waals surface area contributed by atoms with Crippen LogP contribution in [0.2, 0.25) is 0 Å². The molecule has 2 rings (SSSR count). The van der Waals surface area contributed by atoms with E-state index in [2.05, 4.69) is 14.8 Å². The van der Waals surface area contributed by atoms with Crippen LogP contribution >= 0.6 is 11.3 Å². The van der Waals surface area contributed by atoms with Gasteiger partial charge in [-0.1, -0.05) is 11.3 Å². The summed E-state index contributed by atoms with van der Waals surface area (Å²) in [5.41, 5.74) is 6.31. The van der Waals surface area contributed by atoms with Gasteiger partial charge in [-0.2, -0.15) is 5.10 Å². The van der Waals surface area contributed by atoms with Crippen molar-refractivity contribution in [1.29, 1.82) is 0 Å². The van der Waals surface area contributed by atoms with Crippen molar-refractivity contribution in [3.8, 4) is 0 Å². The van der Waals surface area contributed by atoms with Crippen LogP contribution in [-0.4, -0.2) is 23.2 Å². The van der Waals surface area contributed by atoms with E-state index >= 15 is 0 Å². The van der Waals surface area contributed by atoms with Crippen LogP contribution in [0.15, 0.2) is 16.6 Å². The predicted molar refractivity (Wildman–Crippen MR) is 70.0 cm³/mol. The van der Waals surface area contributed by atoms with Gasteiger partial charge >= 0.3 is 0 Å². The van der Waals surface area contributed by atoms with Crippen LogP contribution < -0.4 is 10.5 Å². The normalized spacial score (nSPS) is 11.7. The lowest BCUT2D eigenvalue weighted by Gasteiger charge is -2.03. The minimum atomic E-state index is -3.65. The van der Waals surface area contributed by atoms with Crippen molar-refractivity contribution in [1.82, 2.24) is 14.8 Å². The maximum atomic E-state index is 12.1. The summed E-state index contributed by atoms with van der Waals surface area (Å²) in [6.45, 7) is 4.20. The average molecular weight is 287 g/mol. The second-order valence-corrected chi connectivity index (χ2v) is 6.52. The molecule has 0 aliphatic carbocycles. The molecule has 2 aromatic rings. The lowest BCUT2D eigenvalue weighted by molar-refractivity contribution is 0.602. The highest BCUT2D eigenvalue weighted by Gasteiger charge is 2.21. The van der Waals surface area contributed by atoms with Crippen molar-refractivity contribution < 1.29 is 8.42 Å². The Morgan fingerprint density at radius 1 is 1.56 bits per heavy atom. The molecule has 0 aliphatic heterocycles. The van der Waals surface area contributed by atoms with Crippen molar-refractivity contribution >= 4 is 32.2 Å². The minimum Gasteiger partial charge on any atom is -0.375 e. The third kappa shape index (κ3) is 2.46. The smallest absolute Gasteiger partial charge is 0.273 e. The Hall–Kier alpha value is -1.61. The summed E-state index contributed by atoms with van der Waals surface area (Å²) >= 11 is 0.942. The zero-order valence-electron chi connectivity index (χ0n) is 9.91. The number of nitrogens with one attached hydrogen (secondary N) is 1. The molecule has 0 saturated carbocycles. The summed E-state index contributed by atoms with van der Waals surface area (Å²) in [5, 5.41) is 4.23. The number of thiazole rings is 1. The number of sulfonamides is 1. The van der Waals surface area contributed by atoms with Gasteiger partial charge in [0.15, 0.2) is 9.34 Å². The quantitative estimate of drug-likeness (QED) is 0.875. The molecule has 98 valence electrons. The summed E-state index contributed by atoms with van der Waals surface area (Å²) < 4.78 is 28.4. The zero-order chi connectivity index (χ0) is 13.3. The van der Waals surface area contributed by atoms with E-state index in [1.807, 2.05) is 6.92 Å². The van der Waals surface area contributed by atoms with Gasteiger partial charge in [0, 0.05) is 12.7 Å². The number of aryl methyl sites for hydroxylation is 2. The Kier molecular flexibility index (Phi) is 3.26. The SMILES string of the molecule is CCn1cc(NS(=O)(=O)c2sc(N)nc2C)cn1. The lowest BCUT2D eigenvalue weighted by atomic mass is 10.6. The first-order valence-corrected chi connectivity index (χ1v) is 7.50. The topological polar surface area (TPSA) is 103 Å². The van der Waals surface area contributed by atoms with Crippen LogP contribution in [0.3, 0.4) is 0 Å². The Labute approximate surface area is 109 Å². The van der Waals surface area contributed by atoms with Crippen molar-refractivity contribution in [2.45, 2.75) is 24.6 Å². The Bertz CT molecular complexity index is 658. The molecular weight excluding hydrogens is 274 g/mol. The summed E-state index contributed by atoms with van der Waals surface area (Å²) in [4.78, 5) is 3.90. The molecule has 0 atom stereocenters. The van der Waals surface area contributed by atoms with Gasteiger partial charge in [-0.05, 0) is 13.8 Å². The van der Waals surface area contributed by atoms with Gasteiger partial charge in [-0.3, -0.25) is 9.40 Å². The summed E-state index contributed by atoms with van der Waals surface area (Å²) in [6.07, 6.45) is 3.08. The first kappa shape index (κ1) is 12.8. The van der Waals surface area contributed by atoms with Gasteiger partial charge in [0.05, 0.1) is 17.6 Å². The van der Waals surface area contributed by atoms with Crippen molar-refractivity contribution in [2.24, 2.45) is 0 Å². The standard InChI is InChI=1S/C9H13N5O2S2/c1-3-14-5-7(4-11-14)13-18(15,16)8-6(2)12-9(10)17-8/h4-5,13H,3H2,1-2H3,(H2,10,12). The van der Waals surface area contributed by atoms with Gasteiger partial charge < -0.3 is 5.73 Å². The molecule has 2 heterocycles. The molecule has 7 nitrogen and oxygen atoms in total. The summed E-state index contributed by atoms with van der Waals surface area (Å²) in [7, 11) is -3.65. The second kappa shape index (κ2) is 4.58. The van der Waals surface area contributed by atoms with Crippen LogP contribution in [0, 0.1) is 6.92 Å². The first-order chi connectivity index (χ1) is 8.42. The van der Waals surface area contributed by atoms with Gasteiger partial charge in [0.25, 0.3) is 10.0 Å². The fraction of sp³-hybridized carbons (Fsp3) is 0.333. The van der Waals surface area contributed by atoms with Gasteiger partial charge in [-0.15, -0.1) is 0 Å². The molecule has 3 N–H and O–H groups in total. The molecule has 0 bridgehead atoms. The van der Waals surface area contributed by atoms with Gasteiger partial charge in [0.2, 0.25) is 0 Å². The van der Waals surface area contributed by atoms with Crippen LogP contribution in [0.4, 0.5) is 10.8 Å². The van der Waals surface area contributed by atoms with Gasteiger partial charge in [-0.25, -0.2) is 13.4 Å². The Morgan fingerprint density at radius 3 is 2.78 bits per heavy atom. The fourth-order valence-electron chi connectivity index (χ4n) is 1.44. The number of nitrogens with zero attached hydrogens (tertiary/aromatic N) is 3. The summed E-state index contributed by atoms with van der Waals surface area (Å²) in [6, 6.07) is 0. The van der Waals surface area contributed by atoms with E-state index in [0.717, 1.165) is 11.3 Å². The first-order valence-electron chi connectivity index (χ1n) is 5.20. The largest absolute Gasteiger partial charge is 0.375 e.